The van der Waals surface area contributed by atoms with Gasteiger partial charge in [0.1, 0.15) is 22.8 Å². The zero-order chi connectivity index (χ0) is 25.9. The van der Waals surface area contributed by atoms with E-state index < -0.39 is 12.4 Å². The minimum absolute atomic E-state index is 0.0113. The maximum absolute atomic E-state index is 13.1. The standard InChI is InChI=1S/C24H27F2N7O3S/c1-3-36-22(35)18-13-8-12(4-5-16(13)37-21(18)29-20(34)14-10-24(14)6-7-24)33-11-27-30-23(33)28-17-9-15(19(25)26)31-32(17)2/h9,11-12,14,19H,3-8,10H2,1-2H3,(H,28,30)(H,29,34)/t12-,14?/m0/s1. The number of esters is 1. The fraction of sp³-hybridized carbons (Fsp3) is 0.542. The molecule has 2 fully saturated rings. The van der Waals surface area contributed by atoms with E-state index in [1.165, 1.54) is 22.1 Å². The van der Waals surface area contributed by atoms with Crippen molar-refractivity contribution in [2.45, 2.75) is 57.9 Å². The number of carbonyl (C=O) groups excluding carboxylic acids is 2. The van der Waals surface area contributed by atoms with E-state index in [1.807, 2.05) is 4.57 Å². The first kappa shape index (κ1) is 24.0. The highest BCUT2D eigenvalue weighted by Gasteiger charge is 2.65. The molecule has 0 radical (unpaired) electrons. The Morgan fingerprint density at radius 3 is 2.84 bits per heavy atom. The van der Waals surface area contributed by atoms with Crippen molar-refractivity contribution < 1.29 is 23.1 Å². The van der Waals surface area contributed by atoms with Gasteiger partial charge in [-0.2, -0.15) is 5.10 Å². The van der Waals surface area contributed by atoms with Crippen molar-refractivity contribution in [2.75, 3.05) is 17.2 Å². The maximum atomic E-state index is 13.1. The first-order chi connectivity index (χ1) is 17.8. The van der Waals surface area contributed by atoms with Crippen molar-refractivity contribution in [3.8, 4) is 0 Å². The van der Waals surface area contributed by atoms with Gasteiger partial charge in [-0.05, 0) is 56.4 Å². The number of fused-ring (bicyclic) bond motifs is 1. The number of nitrogens with one attached hydrogen (secondary N) is 2. The fourth-order valence-electron chi connectivity index (χ4n) is 5.37. The predicted octanol–water partition coefficient (Wildman–Crippen LogP) is 4.40. The van der Waals surface area contributed by atoms with E-state index in [1.54, 1.807) is 20.3 Å². The molecule has 1 spiro atoms. The van der Waals surface area contributed by atoms with E-state index >= 15 is 0 Å². The quantitative estimate of drug-likeness (QED) is 0.414. The zero-order valence-corrected chi connectivity index (χ0v) is 21.3. The smallest absolute Gasteiger partial charge is 0.341 e. The van der Waals surface area contributed by atoms with Gasteiger partial charge in [0, 0.05) is 30.0 Å². The summed E-state index contributed by atoms with van der Waals surface area (Å²) in [6, 6.07) is 1.19. The van der Waals surface area contributed by atoms with E-state index in [0.29, 0.717) is 35.2 Å². The number of anilines is 3. The monoisotopic (exact) mass is 531 g/mol. The second-order valence-electron chi connectivity index (χ2n) is 10.00. The summed E-state index contributed by atoms with van der Waals surface area (Å²) in [6.45, 7) is 1.99. The van der Waals surface area contributed by atoms with Crippen LogP contribution >= 0.6 is 11.3 Å². The molecule has 196 valence electrons. The number of nitrogens with zero attached hydrogens (tertiary/aromatic N) is 5. The van der Waals surface area contributed by atoms with Crippen LogP contribution in [0, 0.1) is 11.3 Å². The van der Waals surface area contributed by atoms with Gasteiger partial charge in [0.25, 0.3) is 6.43 Å². The minimum Gasteiger partial charge on any atom is -0.462 e. The molecule has 37 heavy (non-hydrogen) atoms. The summed E-state index contributed by atoms with van der Waals surface area (Å²) in [5, 5.41) is 18.6. The number of carbonyl (C=O) groups is 2. The lowest BCUT2D eigenvalue weighted by Crippen LogP contribution is -2.21. The van der Waals surface area contributed by atoms with Crippen LogP contribution in [0.15, 0.2) is 12.4 Å². The van der Waals surface area contributed by atoms with E-state index in [9.17, 15) is 18.4 Å². The molecule has 13 heteroatoms. The number of aryl methyl sites for hydroxylation is 2. The molecule has 3 aromatic rings. The summed E-state index contributed by atoms with van der Waals surface area (Å²) < 4.78 is 34.7. The Morgan fingerprint density at radius 2 is 2.16 bits per heavy atom. The van der Waals surface area contributed by atoms with Crippen LogP contribution in [0.3, 0.4) is 0 Å². The normalized spacial score (nSPS) is 21.1. The molecule has 0 saturated heterocycles. The Hall–Kier alpha value is -3.35. The first-order valence-corrected chi connectivity index (χ1v) is 13.2. The number of thiophene rings is 1. The van der Waals surface area contributed by atoms with Crippen molar-refractivity contribution in [1.29, 1.82) is 0 Å². The third-order valence-corrected chi connectivity index (χ3v) is 8.89. The summed E-state index contributed by atoms with van der Waals surface area (Å²) in [7, 11) is 1.57. The van der Waals surface area contributed by atoms with Gasteiger partial charge in [0.05, 0.1) is 12.2 Å². The van der Waals surface area contributed by atoms with Gasteiger partial charge in [0.2, 0.25) is 11.9 Å². The Balaban J connectivity index is 1.26. The van der Waals surface area contributed by atoms with Gasteiger partial charge in [-0.3, -0.25) is 14.0 Å². The van der Waals surface area contributed by atoms with Gasteiger partial charge in [-0.25, -0.2) is 13.6 Å². The highest BCUT2D eigenvalue weighted by atomic mass is 32.1. The predicted molar refractivity (Wildman–Crippen MR) is 131 cm³/mol. The van der Waals surface area contributed by atoms with Gasteiger partial charge in [0.15, 0.2) is 0 Å². The second kappa shape index (κ2) is 8.89. The highest BCUT2D eigenvalue weighted by molar-refractivity contribution is 7.17. The van der Waals surface area contributed by atoms with Crippen molar-refractivity contribution in [3.63, 3.8) is 0 Å². The van der Waals surface area contributed by atoms with E-state index in [0.717, 1.165) is 36.1 Å². The molecule has 2 atom stereocenters. The molecule has 0 aliphatic heterocycles. The highest BCUT2D eigenvalue weighted by Crippen LogP contribution is 2.70. The first-order valence-electron chi connectivity index (χ1n) is 12.4. The van der Waals surface area contributed by atoms with Crippen LogP contribution in [0.1, 0.15) is 71.6 Å². The second-order valence-corrected chi connectivity index (χ2v) is 11.1. The molecule has 1 amide bonds. The van der Waals surface area contributed by atoms with Gasteiger partial charge in [-0.15, -0.1) is 21.5 Å². The number of halogens is 2. The van der Waals surface area contributed by atoms with Crippen LogP contribution in [0.4, 0.5) is 25.5 Å². The third kappa shape index (κ3) is 4.28. The molecule has 1 unspecified atom stereocenters. The van der Waals surface area contributed by atoms with Crippen molar-refractivity contribution in [2.24, 2.45) is 18.4 Å². The van der Waals surface area contributed by atoms with Crippen molar-refractivity contribution in [3.05, 3.63) is 34.1 Å². The van der Waals surface area contributed by atoms with Gasteiger partial charge in [-0.1, -0.05) is 0 Å². The lowest BCUT2D eigenvalue weighted by molar-refractivity contribution is -0.117. The van der Waals surface area contributed by atoms with Crippen LogP contribution in [-0.4, -0.2) is 43.0 Å². The third-order valence-electron chi connectivity index (χ3n) is 7.68. The number of hydrogen-bond acceptors (Lipinski definition) is 8. The number of amides is 1. The topological polar surface area (TPSA) is 116 Å². The molecule has 3 heterocycles. The fourth-order valence-corrected chi connectivity index (χ4v) is 6.60. The van der Waals surface area contributed by atoms with E-state index in [-0.39, 0.29) is 35.6 Å². The van der Waals surface area contributed by atoms with Gasteiger partial charge >= 0.3 is 5.97 Å². The van der Waals surface area contributed by atoms with Crippen LogP contribution in [0.5, 0.6) is 0 Å². The van der Waals surface area contributed by atoms with E-state index in [2.05, 4.69) is 25.9 Å². The zero-order valence-electron chi connectivity index (χ0n) is 20.5. The molecule has 2 saturated carbocycles. The SMILES string of the molecule is CCOC(=O)c1c(NC(=O)C2CC23CC3)sc2c1C[C@@H](n1cnnc1Nc1cc(C(F)F)nn1C)CC2. The molecule has 0 aromatic carbocycles. The van der Waals surface area contributed by atoms with Crippen LogP contribution in [-0.2, 0) is 29.4 Å². The lowest BCUT2D eigenvalue weighted by atomic mass is 9.91. The Bertz CT molecular complexity index is 1380. The minimum atomic E-state index is -2.68. The van der Waals surface area contributed by atoms with Crippen LogP contribution in [0.25, 0.3) is 0 Å². The maximum Gasteiger partial charge on any atom is 0.341 e. The molecule has 0 bridgehead atoms. The number of ether oxygens (including phenoxy) is 1. The number of aromatic nitrogens is 5. The Morgan fingerprint density at radius 1 is 1.35 bits per heavy atom. The molecule has 3 aliphatic carbocycles. The summed E-state index contributed by atoms with van der Waals surface area (Å²) in [4.78, 5) is 27.0. The average Bonchev–Trinajstić information content (AvgIpc) is 3.62. The van der Waals surface area contributed by atoms with Crippen molar-refractivity contribution in [1.82, 2.24) is 24.5 Å². The Labute approximate surface area is 215 Å². The van der Waals surface area contributed by atoms with Crippen LogP contribution in [0.2, 0.25) is 0 Å². The Kier molecular flexibility index (Phi) is 5.77. The lowest BCUT2D eigenvalue weighted by Gasteiger charge is -2.25. The number of rotatable bonds is 8. The average molecular weight is 532 g/mol. The summed E-state index contributed by atoms with van der Waals surface area (Å²) in [6.07, 6.45) is 4.04. The largest absolute Gasteiger partial charge is 0.462 e. The summed E-state index contributed by atoms with van der Waals surface area (Å²) in [5.74, 6) is 0.342. The van der Waals surface area contributed by atoms with E-state index in [4.69, 9.17) is 4.74 Å². The molecule has 2 N–H and O–H groups in total. The van der Waals surface area contributed by atoms with Crippen LogP contribution < -0.4 is 10.6 Å². The molecule has 3 aliphatic rings. The summed E-state index contributed by atoms with van der Waals surface area (Å²) >= 11 is 1.45. The summed E-state index contributed by atoms with van der Waals surface area (Å²) in [5.41, 5.74) is 1.19. The number of hydrogen-bond donors (Lipinski definition) is 2. The molecular formula is C24H27F2N7O3S. The van der Waals surface area contributed by atoms with Crippen molar-refractivity contribution >= 4 is 40.0 Å². The molecular weight excluding hydrogens is 504 g/mol. The van der Waals surface area contributed by atoms with Gasteiger partial charge < -0.3 is 15.4 Å². The molecule has 6 rings (SSSR count). The molecule has 10 nitrogen and oxygen atoms in total. The number of alkyl halides is 2. The molecule has 3 aromatic heterocycles.